The summed E-state index contributed by atoms with van der Waals surface area (Å²) in [6, 6.07) is 1.95. The average Bonchev–Trinajstić information content (AvgIpc) is 2.95. The van der Waals surface area contributed by atoms with Gasteiger partial charge in [-0.3, -0.25) is 9.69 Å². The summed E-state index contributed by atoms with van der Waals surface area (Å²) in [6.45, 7) is 1.75. The number of oxazole rings is 1. The van der Waals surface area contributed by atoms with Crippen LogP contribution in [0.25, 0.3) is 11.7 Å². The maximum absolute atomic E-state index is 11.7. The molecule has 3 heterocycles. The second-order valence-corrected chi connectivity index (χ2v) is 4.13. The fourth-order valence-electron chi connectivity index (χ4n) is 1.93. The topological polar surface area (TPSA) is 95.9 Å². The summed E-state index contributed by atoms with van der Waals surface area (Å²) in [5, 5.41) is 8.74. The highest BCUT2D eigenvalue weighted by atomic mass is 16.4. The van der Waals surface area contributed by atoms with Gasteiger partial charge in [-0.25, -0.2) is 15.0 Å². The van der Waals surface area contributed by atoms with Gasteiger partial charge in [0, 0.05) is 11.8 Å². The monoisotopic (exact) mass is 255 g/mol. The van der Waals surface area contributed by atoms with E-state index in [9.17, 15) is 4.79 Å². The van der Waals surface area contributed by atoms with E-state index in [4.69, 9.17) is 9.68 Å². The fourth-order valence-corrected chi connectivity index (χ4v) is 1.93. The van der Waals surface area contributed by atoms with Crippen molar-refractivity contribution in [2.75, 3.05) is 11.4 Å². The van der Waals surface area contributed by atoms with E-state index in [2.05, 4.69) is 15.0 Å². The molecule has 0 saturated carbocycles. The summed E-state index contributed by atoms with van der Waals surface area (Å²) in [7, 11) is 0. The maximum atomic E-state index is 11.7. The lowest BCUT2D eigenvalue weighted by molar-refractivity contribution is -0.117. The minimum Gasteiger partial charge on any atom is -0.439 e. The first-order valence-electron chi connectivity index (χ1n) is 5.65. The third-order valence-electron chi connectivity index (χ3n) is 2.78. The van der Waals surface area contributed by atoms with Gasteiger partial charge in [0.25, 0.3) is 5.89 Å². The molecule has 7 heteroatoms. The van der Waals surface area contributed by atoms with E-state index in [1.54, 1.807) is 19.3 Å². The summed E-state index contributed by atoms with van der Waals surface area (Å²) in [5.41, 5.74) is 0.715. The van der Waals surface area contributed by atoms with Crippen LogP contribution in [0.15, 0.2) is 16.8 Å². The number of hydrogen-bond donors (Lipinski definition) is 0. The Morgan fingerprint density at radius 1 is 1.47 bits per heavy atom. The molecule has 1 amide bonds. The Morgan fingerprint density at radius 2 is 2.32 bits per heavy atom. The van der Waals surface area contributed by atoms with Crippen LogP contribution in [0.3, 0.4) is 0 Å². The van der Waals surface area contributed by atoms with E-state index in [0.29, 0.717) is 28.9 Å². The Balaban J connectivity index is 2.05. The Kier molecular flexibility index (Phi) is 2.49. The quantitative estimate of drug-likeness (QED) is 0.738. The third-order valence-corrected chi connectivity index (χ3v) is 2.78. The minimum atomic E-state index is -0.147. The predicted octanol–water partition coefficient (Wildman–Crippen LogP) is 0.853. The van der Waals surface area contributed by atoms with Gasteiger partial charge in [-0.2, -0.15) is 5.26 Å². The van der Waals surface area contributed by atoms with Crippen LogP contribution < -0.4 is 4.90 Å². The molecule has 0 fully saturated rings. The standard InChI is InChI=1S/C12H9N5O2/c1-7-5-15-12(19-7)10-14-6-8-4-9(18)17(3-2-13)11(8)16-10/h5-6H,3-4H2,1H3. The normalized spacial score (nSPS) is 13.5. The summed E-state index contributed by atoms with van der Waals surface area (Å²) < 4.78 is 5.35. The van der Waals surface area contributed by atoms with Crippen molar-refractivity contribution in [2.24, 2.45) is 0 Å². The van der Waals surface area contributed by atoms with Gasteiger partial charge < -0.3 is 4.42 Å². The molecule has 7 nitrogen and oxygen atoms in total. The van der Waals surface area contributed by atoms with Gasteiger partial charge in [0.2, 0.25) is 11.7 Å². The van der Waals surface area contributed by atoms with Crippen LogP contribution in [-0.4, -0.2) is 27.4 Å². The molecule has 0 aliphatic carbocycles. The molecule has 0 atom stereocenters. The zero-order valence-corrected chi connectivity index (χ0v) is 10.1. The number of nitrogens with zero attached hydrogens (tertiary/aromatic N) is 5. The van der Waals surface area contributed by atoms with Gasteiger partial charge in [-0.05, 0) is 6.92 Å². The molecular weight excluding hydrogens is 246 g/mol. The molecule has 0 radical (unpaired) electrons. The third kappa shape index (κ3) is 1.83. The lowest BCUT2D eigenvalue weighted by Crippen LogP contribution is -2.27. The molecule has 2 aromatic rings. The van der Waals surface area contributed by atoms with E-state index in [-0.39, 0.29) is 18.9 Å². The Bertz CT molecular complexity index is 700. The lowest BCUT2D eigenvalue weighted by Gasteiger charge is -2.11. The molecule has 3 rings (SSSR count). The molecule has 0 spiro atoms. The van der Waals surface area contributed by atoms with E-state index < -0.39 is 0 Å². The number of carbonyl (C=O) groups excluding carboxylic acids is 1. The Hall–Kier alpha value is -2.75. The zero-order valence-electron chi connectivity index (χ0n) is 10.1. The summed E-state index contributed by atoms with van der Waals surface area (Å²) >= 11 is 0. The molecule has 0 N–H and O–H groups in total. The molecule has 1 aliphatic rings. The van der Waals surface area contributed by atoms with Crippen LogP contribution >= 0.6 is 0 Å². The van der Waals surface area contributed by atoms with Crippen molar-refractivity contribution in [3.8, 4) is 17.8 Å². The highest BCUT2D eigenvalue weighted by Crippen LogP contribution is 2.27. The molecule has 0 unspecified atom stereocenters. The molecule has 0 bridgehead atoms. The number of hydrogen-bond acceptors (Lipinski definition) is 6. The molecule has 0 saturated heterocycles. The number of anilines is 1. The first kappa shape index (κ1) is 11.3. The number of rotatable bonds is 2. The zero-order chi connectivity index (χ0) is 13.4. The van der Waals surface area contributed by atoms with Crippen LogP contribution in [0, 0.1) is 18.3 Å². The molecule has 19 heavy (non-hydrogen) atoms. The van der Waals surface area contributed by atoms with Gasteiger partial charge in [0.05, 0.1) is 18.7 Å². The van der Waals surface area contributed by atoms with Gasteiger partial charge in [0.1, 0.15) is 18.1 Å². The van der Waals surface area contributed by atoms with Crippen LogP contribution in [0.4, 0.5) is 5.82 Å². The highest BCUT2D eigenvalue weighted by Gasteiger charge is 2.29. The molecule has 1 aliphatic heterocycles. The highest BCUT2D eigenvalue weighted by molar-refractivity contribution is 6.00. The SMILES string of the molecule is Cc1cnc(-c2ncc3c(n2)N(CC#N)C(=O)C3)o1. The van der Waals surface area contributed by atoms with Crippen LogP contribution in [0.1, 0.15) is 11.3 Å². The Morgan fingerprint density at radius 3 is 3.00 bits per heavy atom. The summed E-state index contributed by atoms with van der Waals surface area (Å²) in [6.07, 6.45) is 3.37. The maximum Gasteiger partial charge on any atom is 0.265 e. The van der Waals surface area contributed by atoms with Crippen LogP contribution in [-0.2, 0) is 11.2 Å². The number of carbonyl (C=O) groups is 1. The largest absolute Gasteiger partial charge is 0.439 e. The summed E-state index contributed by atoms with van der Waals surface area (Å²) in [4.78, 5) is 25.5. The van der Waals surface area contributed by atoms with Crippen molar-refractivity contribution in [3.63, 3.8) is 0 Å². The van der Waals surface area contributed by atoms with Crippen molar-refractivity contribution < 1.29 is 9.21 Å². The Labute approximate surface area is 108 Å². The van der Waals surface area contributed by atoms with Crippen LogP contribution in [0.5, 0.6) is 0 Å². The predicted molar refractivity (Wildman–Crippen MR) is 63.9 cm³/mol. The molecular formula is C12H9N5O2. The molecule has 94 valence electrons. The van der Waals surface area contributed by atoms with Crippen LogP contribution in [0.2, 0.25) is 0 Å². The second-order valence-electron chi connectivity index (χ2n) is 4.13. The van der Waals surface area contributed by atoms with Crippen molar-refractivity contribution >= 4 is 11.7 Å². The van der Waals surface area contributed by atoms with Crippen molar-refractivity contribution in [3.05, 3.63) is 23.7 Å². The van der Waals surface area contributed by atoms with E-state index in [1.807, 2.05) is 6.07 Å². The first-order chi connectivity index (χ1) is 9.19. The number of nitriles is 1. The minimum absolute atomic E-state index is 0.0209. The van der Waals surface area contributed by atoms with Crippen molar-refractivity contribution in [1.82, 2.24) is 15.0 Å². The smallest absolute Gasteiger partial charge is 0.265 e. The second kappa shape index (κ2) is 4.17. The van der Waals surface area contributed by atoms with Crippen molar-refractivity contribution in [1.29, 1.82) is 5.26 Å². The average molecular weight is 255 g/mol. The first-order valence-corrected chi connectivity index (χ1v) is 5.65. The number of amides is 1. The number of aromatic nitrogens is 3. The van der Waals surface area contributed by atoms with Gasteiger partial charge in [-0.1, -0.05) is 0 Å². The van der Waals surface area contributed by atoms with Gasteiger partial charge in [-0.15, -0.1) is 0 Å². The van der Waals surface area contributed by atoms with E-state index in [0.717, 1.165) is 0 Å². The lowest BCUT2D eigenvalue weighted by atomic mass is 10.3. The number of aryl methyl sites for hydroxylation is 1. The molecule has 2 aromatic heterocycles. The van der Waals surface area contributed by atoms with Crippen molar-refractivity contribution in [2.45, 2.75) is 13.3 Å². The molecule has 0 aromatic carbocycles. The van der Waals surface area contributed by atoms with E-state index in [1.165, 1.54) is 4.90 Å². The summed E-state index contributed by atoms with van der Waals surface area (Å²) in [5.74, 6) is 1.59. The number of fused-ring (bicyclic) bond motifs is 1. The fraction of sp³-hybridized carbons (Fsp3) is 0.250. The van der Waals surface area contributed by atoms with E-state index >= 15 is 0 Å². The van der Waals surface area contributed by atoms with Gasteiger partial charge >= 0.3 is 0 Å². The van der Waals surface area contributed by atoms with Gasteiger partial charge in [0.15, 0.2) is 0 Å².